The van der Waals surface area contributed by atoms with Crippen LogP contribution in [0, 0.1) is 0 Å². The van der Waals surface area contributed by atoms with Gasteiger partial charge < -0.3 is 19.9 Å². The lowest BCUT2D eigenvalue weighted by molar-refractivity contribution is -0.139. The van der Waals surface area contributed by atoms with Crippen molar-refractivity contribution in [1.82, 2.24) is 5.32 Å². The number of hydrogen-bond donors (Lipinski definition) is 2. The molecule has 0 fully saturated rings. The topological polar surface area (TPSA) is 67.8 Å². The van der Waals surface area contributed by atoms with Crippen LogP contribution in [0.2, 0.25) is 0 Å². The van der Waals surface area contributed by atoms with Gasteiger partial charge in [0.2, 0.25) is 0 Å². The molecular formula is C12H15NO4. The van der Waals surface area contributed by atoms with Gasteiger partial charge in [0.25, 0.3) is 0 Å². The Morgan fingerprint density at radius 2 is 2.06 bits per heavy atom. The van der Waals surface area contributed by atoms with Gasteiger partial charge in [0.05, 0.1) is 13.2 Å². The van der Waals surface area contributed by atoms with Crippen molar-refractivity contribution in [3.05, 3.63) is 23.8 Å². The molecule has 1 aromatic rings. The van der Waals surface area contributed by atoms with E-state index < -0.39 is 12.0 Å². The van der Waals surface area contributed by atoms with Gasteiger partial charge in [0.15, 0.2) is 11.5 Å². The molecular weight excluding hydrogens is 222 g/mol. The Morgan fingerprint density at radius 3 is 2.71 bits per heavy atom. The van der Waals surface area contributed by atoms with Crippen LogP contribution in [0.4, 0.5) is 0 Å². The van der Waals surface area contributed by atoms with Gasteiger partial charge in [-0.2, -0.15) is 0 Å². The molecule has 1 unspecified atom stereocenters. The van der Waals surface area contributed by atoms with Gasteiger partial charge in [-0.3, -0.25) is 4.79 Å². The van der Waals surface area contributed by atoms with Crippen LogP contribution in [0.5, 0.6) is 11.5 Å². The highest BCUT2D eigenvalue weighted by Crippen LogP contribution is 2.32. The van der Waals surface area contributed by atoms with E-state index in [1.165, 1.54) is 0 Å². The number of hydrogen-bond acceptors (Lipinski definition) is 4. The Kier molecular flexibility index (Phi) is 3.49. The van der Waals surface area contributed by atoms with Gasteiger partial charge in [0, 0.05) is 6.42 Å². The average molecular weight is 237 g/mol. The van der Waals surface area contributed by atoms with Crippen LogP contribution in [0.15, 0.2) is 18.2 Å². The molecule has 0 aliphatic carbocycles. The average Bonchev–Trinajstić information content (AvgIpc) is 2.54. The Balaban J connectivity index is 2.31. The molecule has 5 nitrogen and oxygen atoms in total. The second-order valence-electron chi connectivity index (χ2n) is 3.82. The lowest BCUT2D eigenvalue weighted by Crippen LogP contribution is -2.24. The van der Waals surface area contributed by atoms with Crippen molar-refractivity contribution in [3.8, 4) is 11.5 Å². The third-order valence-corrected chi connectivity index (χ3v) is 2.64. The molecule has 0 bridgehead atoms. The quantitative estimate of drug-likeness (QED) is 0.826. The number of likely N-dealkylation sites (N-methyl/N-ethyl adjacent to an activating group) is 1. The van der Waals surface area contributed by atoms with E-state index in [4.69, 9.17) is 14.6 Å². The molecule has 5 heteroatoms. The van der Waals surface area contributed by atoms with Gasteiger partial charge in [-0.05, 0) is 24.7 Å². The molecule has 2 N–H and O–H groups in total. The maximum atomic E-state index is 11.0. The summed E-state index contributed by atoms with van der Waals surface area (Å²) in [5.74, 6) is 0.370. The van der Waals surface area contributed by atoms with Crippen molar-refractivity contribution >= 4 is 5.97 Å². The van der Waals surface area contributed by atoms with Crippen molar-refractivity contribution < 1.29 is 19.4 Å². The summed E-state index contributed by atoms with van der Waals surface area (Å²) in [4.78, 5) is 11.0. The zero-order chi connectivity index (χ0) is 12.3. The normalized spacial score (nSPS) is 16.1. The molecule has 1 atom stereocenters. The van der Waals surface area contributed by atoms with Crippen LogP contribution in [0.3, 0.4) is 0 Å². The minimum absolute atomic E-state index is 0.591. The largest absolute Gasteiger partial charge is 0.490 e. The minimum Gasteiger partial charge on any atom is -0.490 e. The summed E-state index contributed by atoms with van der Waals surface area (Å²) in [6.07, 6.45) is 0.832. The van der Waals surface area contributed by atoms with E-state index in [9.17, 15) is 4.79 Å². The van der Waals surface area contributed by atoms with Crippen molar-refractivity contribution in [3.63, 3.8) is 0 Å². The molecule has 0 spiro atoms. The second-order valence-corrected chi connectivity index (χ2v) is 3.82. The van der Waals surface area contributed by atoms with Crippen LogP contribution in [-0.4, -0.2) is 31.3 Å². The first-order valence-corrected chi connectivity index (χ1v) is 5.52. The smallest absolute Gasteiger partial charge is 0.325 e. The van der Waals surface area contributed by atoms with Gasteiger partial charge in [-0.1, -0.05) is 6.07 Å². The fraction of sp³-hybridized carbons (Fsp3) is 0.417. The number of benzene rings is 1. The van der Waals surface area contributed by atoms with Crippen molar-refractivity contribution in [2.45, 2.75) is 12.5 Å². The van der Waals surface area contributed by atoms with Crippen molar-refractivity contribution in [2.75, 3.05) is 20.3 Å². The van der Waals surface area contributed by atoms with Crippen LogP contribution >= 0.6 is 0 Å². The maximum Gasteiger partial charge on any atom is 0.325 e. The summed E-state index contributed by atoms with van der Waals surface area (Å²) in [6, 6.07) is 4.48. The fourth-order valence-corrected chi connectivity index (χ4v) is 1.79. The number of nitrogens with one attached hydrogen (secondary N) is 1. The molecule has 0 saturated heterocycles. The minimum atomic E-state index is -0.915. The predicted molar refractivity (Wildman–Crippen MR) is 61.5 cm³/mol. The number of fused-ring (bicyclic) bond motifs is 1. The van der Waals surface area contributed by atoms with Crippen LogP contribution in [0.1, 0.15) is 18.0 Å². The Morgan fingerprint density at radius 1 is 1.35 bits per heavy atom. The van der Waals surface area contributed by atoms with E-state index in [1.807, 2.05) is 0 Å². The highest BCUT2D eigenvalue weighted by Gasteiger charge is 2.20. The number of carboxylic acids is 1. The Labute approximate surface area is 99.3 Å². The maximum absolute atomic E-state index is 11.0. The molecule has 2 rings (SSSR count). The fourth-order valence-electron chi connectivity index (χ4n) is 1.79. The molecule has 1 aliphatic heterocycles. The zero-order valence-electron chi connectivity index (χ0n) is 9.60. The molecule has 1 heterocycles. The molecule has 0 saturated carbocycles. The molecule has 92 valence electrons. The van der Waals surface area contributed by atoms with Gasteiger partial charge >= 0.3 is 5.97 Å². The zero-order valence-corrected chi connectivity index (χ0v) is 9.60. The molecule has 17 heavy (non-hydrogen) atoms. The van der Waals surface area contributed by atoms with E-state index in [0.29, 0.717) is 30.3 Å². The van der Waals surface area contributed by atoms with Crippen LogP contribution in [0.25, 0.3) is 0 Å². The first-order chi connectivity index (χ1) is 8.22. The van der Waals surface area contributed by atoms with Gasteiger partial charge in [-0.25, -0.2) is 0 Å². The number of rotatable bonds is 3. The van der Waals surface area contributed by atoms with E-state index >= 15 is 0 Å². The summed E-state index contributed by atoms with van der Waals surface area (Å²) in [7, 11) is 1.61. The molecule has 0 radical (unpaired) electrons. The van der Waals surface area contributed by atoms with Crippen molar-refractivity contribution in [2.24, 2.45) is 0 Å². The standard InChI is InChI=1S/C12H15NO4/c1-13-11(12(14)15)8-3-4-9-10(7-8)17-6-2-5-16-9/h3-4,7,11,13H,2,5-6H2,1H3,(H,14,15). The number of aliphatic carboxylic acids is 1. The van der Waals surface area contributed by atoms with Gasteiger partial charge in [0.1, 0.15) is 6.04 Å². The highest BCUT2D eigenvalue weighted by molar-refractivity contribution is 5.75. The second kappa shape index (κ2) is 5.05. The van der Waals surface area contributed by atoms with E-state index in [1.54, 1.807) is 25.2 Å². The summed E-state index contributed by atoms with van der Waals surface area (Å²) >= 11 is 0. The summed E-state index contributed by atoms with van der Waals surface area (Å²) < 4.78 is 11.0. The lowest BCUT2D eigenvalue weighted by atomic mass is 10.1. The monoisotopic (exact) mass is 237 g/mol. The van der Waals surface area contributed by atoms with E-state index in [-0.39, 0.29) is 0 Å². The first kappa shape index (κ1) is 11.7. The number of ether oxygens (including phenoxy) is 2. The SMILES string of the molecule is CNC(C(=O)O)c1ccc2c(c1)OCCCO2. The van der Waals surface area contributed by atoms with Crippen LogP contribution in [-0.2, 0) is 4.79 Å². The molecule has 0 amide bonds. The molecule has 1 aromatic carbocycles. The van der Waals surface area contributed by atoms with Gasteiger partial charge in [-0.15, -0.1) is 0 Å². The third-order valence-electron chi connectivity index (χ3n) is 2.64. The number of carboxylic acid groups (broad SMARTS) is 1. The third kappa shape index (κ3) is 2.50. The Hall–Kier alpha value is -1.75. The van der Waals surface area contributed by atoms with Crippen LogP contribution < -0.4 is 14.8 Å². The summed E-state index contributed by atoms with van der Waals surface area (Å²) in [5.41, 5.74) is 0.657. The highest BCUT2D eigenvalue weighted by atomic mass is 16.5. The Bertz CT molecular complexity index is 419. The molecule has 0 aromatic heterocycles. The van der Waals surface area contributed by atoms with E-state index in [0.717, 1.165) is 6.42 Å². The predicted octanol–water partition coefficient (Wildman–Crippen LogP) is 1.19. The lowest BCUT2D eigenvalue weighted by Gasteiger charge is -2.14. The molecule has 1 aliphatic rings. The first-order valence-electron chi connectivity index (χ1n) is 5.52. The summed E-state index contributed by atoms with van der Waals surface area (Å²) in [5, 5.41) is 11.8. The van der Waals surface area contributed by atoms with E-state index in [2.05, 4.69) is 5.32 Å². The number of carbonyl (C=O) groups is 1. The summed E-state index contributed by atoms with van der Waals surface area (Å²) in [6.45, 7) is 1.22. The van der Waals surface area contributed by atoms with Crippen molar-refractivity contribution in [1.29, 1.82) is 0 Å².